The van der Waals surface area contributed by atoms with Crippen molar-refractivity contribution in [2.45, 2.75) is 20.8 Å². The van der Waals surface area contributed by atoms with E-state index in [-0.39, 0.29) is 0 Å². The number of benzene rings is 7. The first-order valence-electron chi connectivity index (χ1n) is 18.0. The second kappa shape index (κ2) is 12.1. The Morgan fingerprint density at radius 3 is 1.09 bits per heavy atom. The van der Waals surface area contributed by atoms with E-state index in [4.69, 9.17) is 15.0 Å². The number of fused-ring (bicyclic) bond motifs is 6. The van der Waals surface area contributed by atoms with Crippen molar-refractivity contribution in [3.05, 3.63) is 174 Å². The molecule has 53 heavy (non-hydrogen) atoms. The lowest BCUT2D eigenvalue weighted by Gasteiger charge is -2.12. The third kappa shape index (κ3) is 5.20. The van der Waals surface area contributed by atoms with Crippen LogP contribution in [0.2, 0.25) is 0 Å². The first-order valence-corrected chi connectivity index (χ1v) is 18.0. The molecule has 0 radical (unpaired) electrons. The van der Waals surface area contributed by atoms with Gasteiger partial charge in [0.2, 0.25) is 0 Å². The molecule has 10 rings (SSSR count). The van der Waals surface area contributed by atoms with Gasteiger partial charge in [-0.05, 0) is 99.6 Å². The molecule has 0 bridgehead atoms. The maximum Gasteiger partial charge on any atom is 0.164 e. The lowest BCUT2D eigenvalue weighted by molar-refractivity contribution is 1.07. The van der Waals surface area contributed by atoms with Gasteiger partial charge in [0, 0.05) is 49.6 Å². The van der Waals surface area contributed by atoms with E-state index in [0.29, 0.717) is 17.5 Å². The molecule has 0 saturated carbocycles. The quantitative estimate of drug-likeness (QED) is 0.182. The Morgan fingerprint density at radius 1 is 0.321 bits per heavy atom. The summed E-state index contributed by atoms with van der Waals surface area (Å²) in [5.74, 6) is 1.95. The fourth-order valence-electron chi connectivity index (χ4n) is 7.77. The molecule has 0 saturated heterocycles. The van der Waals surface area contributed by atoms with Gasteiger partial charge in [-0.25, -0.2) is 15.0 Å². The molecule has 252 valence electrons. The summed E-state index contributed by atoms with van der Waals surface area (Å²) in [5, 5.41) is 5.02. The van der Waals surface area contributed by atoms with Crippen LogP contribution in [0.4, 0.5) is 0 Å². The topological polar surface area (TPSA) is 48.5 Å². The van der Waals surface area contributed by atoms with Gasteiger partial charge in [0.25, 0.3) is 0 Å². The average molecular weight is 682 g/mol. The second-order valence-corrected chi connectivity index (χ2v) is 14.0. The van der Waals surface area contributed by atoms with Crippen molar-refractivity contribution in [2.75, 3.05) is 0 Å². The molecule has 10 aromatic rings. The minimum atomic E-state index is 0.642. The van der Waals surface area contributed by atoms with E-state index in [1.165, 1.54) is 54.8 Å². The summed E-state index contributed by atoms with van der Waals surface area (Å²) < 4.78 is 4.79. The Bertz CT molecular complexity index is 2890. The lowest BCUT2D eigenvalue weighted by atomic mass is 10.1. The van der Waals surface area contributed by atoms with Crippen molar-refractivity contribution >= 4 is 43.6 Å². The molecule has 0 fully saturated rings. The summed E-state index contributed by atoms with van der Waals surface area (Å²) >= 11 is 0. The Balaban J connectivity index is 1.12. The number of hydrogen-bond donors (Lipinski definition) is 0. The van der Waals surface area contributed by atoms with Crippen LogP contribution < -0.4 is 0 Å². The molecule has 3 aromatic heterocycles. The first-order chi connectivity index (χ1) is 26.0. The van der Waals surface area contributed by atoms with E-state index in [2.05, 4.69) is 127 Å². The first kappa shape index (κ1) is 30.9. The lowest BCUT2D eigenvalue weighted by Crippen LogP contribution is -2.00. The molecule has 5 nitrogen and oxygen atoms in total. The zero-order valence-electron chi connectivity index (χ0n) is 29.7. The van der Waals surface area contributed by atoms with Crippen LogP contribution in [0.1, 0.15) is 16.7 Å². The number of hydrogen-bond acceptors (Lipinski definition) is 3. The van der Waals surface area contributed by atoms with Crippen molar-refractivity contribution in [3.8, 4) is 45.5 Å². The minimum absolute atomic E-state index is 0.642. The molecule has 3 heterocycles. The van der Waals surface area contributed by atoms with E-state index in [1.54, 1.807) is 0 Å². The van der Waals surface area contributed by atoms with Gasteiger partial charge in [-0.2, -0.15) is 0 Å². The van der Waals surface area contributed by atoms with Gasteiger partial charge in [-0.3, -0.25) is 0 Å². The van der Waals surface area contributed by atoms with Crippen LogP contribution in [0.3, 0.4) is 0 Å². The number of rotatable bonds is 5. The minimum Gasteiger partial charge on any atom is -0.309 e. The monoisotopic (exact) mass is 681 g/mol. The third-order valence-electron chi connectivity index (χ3n) is 10.3. The molecule has 0 aliphatic rings. The highest BCUT2D eigenvalue weighted by atomic mass is 15.0. The fraction of sp³-hybridized carbons (Fsp3) is 0.0625. The molecule has 0 N–H and O–H groups in total. The molecular weight excluding hydrogens is 647 g/mol. The second-order valence-electron chi connectivity index (χ2n) is 14.0. The summed E-state index contributed by atoms with van der Waals surface area (Å²) in [6.45, 7) is 6.51. The maximum absolute atomic E-state index is 4.96. The van der Waals surface area contributed by atoms with Crippen LogP contribution in [0.5, 0.6) is 0 Å². The predicted octanol–water partition coefficient (Wildman–Crippen LogP) is 12.0. The van der Waals surface area contributed by atoms with E-state index in [0.717, 1.165) is 33.6 Å². The van der Waals surface area contributed by atoms with Gasteiger partial charge in [0.15, 0.2) is 17.5 Å². The van der Waals surface area contributed by atoms with Crippen molar-refractivity contribution in [1.29, 1.82) is 0 Å². The van der Waals surface area contributed by atoms with Crippen LogP contribution >= 0.6 is 0 Å². The Labute approximate surface area is 307 Å². The van der Waals surface area contributed by atoms with Gasteiger partial charge in [0.05, 0.1) is 22.1 Å². The van der Waals surface area contributed by atoms with Crippen molar-refractivity contribution in [1.82, 2.24) is 24.1 Å². The highest BCUT2D eigenvalue weighted by Gasteiger charge is 2.18. The standard InChI is InChI=1S/C48H35N5/c1-30-15-23-43-38(26-30)39-27-31(2)16-24-44(39)53(43)37-21-25-45-41(29-37)40-28-32(3)14-22-42(40)52(45)36-19-17-35(18-20-36)48-50-46(33-10-6-4-7-11-33)49-47(51-48)34-12-8-5-9-13-34/h4-29H,1-3H3. The highest BCUT2D eigenvalue weighted by Crippen LogP contribution is 2.38. The van der Waals surface area contributed by atoms with Crippen molar-refractivity contribution in [2.24, 2.45) is 0 Å². The van der Waals surface area contributed by atoms with Gasteiger partial charge in [-0.1, -0.05) is 95.6 Å². The Kier molecular flexibility index (Phi) is 7.08. The van der Waals surface area contributed by atoms with E-state index < -0.39 is 0 Å². The average Bonchev–Trinajstić information content (AvgIpc) is 3.69. The molecule has 0 amide bonds. The highest BCUT2D eigenvalue weighted by molar-refractivity contribution is 6.12. The van der Waals surface area contributed by atoms with Crippen LogP contribution in [-0.2, 0) is 0 Å². The summed E-state index contributed by atoms with van der Waals surface area (Å²) in [4.78, 5) is 14.8. The summed E-state index contributed by atoms with van der Waals surface area (Å²) in [6, 6.07) is 56.0. The number of nitrogens with zero attached hydrogens (tertiary/aromatic N) is 5. The molecule has 5 heteroatoms. The molecule has 7 aromatic carbocycles. The van der Waals surface area contributed by atoms with Gasteiger partial charge in [0.1, 0.15) is 0 Å². The Morgan fingerprint density at radius 2 is 0.660 bits per heavy atom. The zero-order chi connectivity index (χ0) is 35.6. The third-order valence-corrected chi connectivity index (χ3v) is 10.3. The van der Waals surface area contributed by atoms with Gasteiger partial charge >= 0.3 is 0 Å². The SMILES string of the molecule is Cc1ccc2c(c1)c1cc(C)ccc1n2-c1ccc2c(c1)c1cc(C)ccc1n2-c1ccc(-c2nc(-c3ccccc3)nc(-c3ccccc3)n2)cc1. The molecule has 0 spiro atoms. The molecule has 0 aliphatic carbocycles. The smallest absolute Gasteiger partial charge is 0.164 e. The van der Waals surface area contributed by atoms with Crippen LogP contribution in [0.25, 0.3) is 89.2 Å². The molecule has 0 atom stereocenters. The van der Waals surface area contributed by atoms with E-state index in [9.17, 15) is 0 Å². The van der Waals surface area contributed by atoms with Crippen LogP contribution in [-0.4, -0.2) is 24.1 Å². The van der Waals surface area contributed by atoms with Crippen LogP contribution in [0, 0.1) is 20.8 Å². The van der Waals surface area contributed by atoms with Gasteiger partial charge < -0.3 is 9.13 Å². The number of aromatic nitrogens is 5. The predicted molar refractivity (Wildman–Crippen MR) is 219 cm³/mol. The molecule has 0 unspecified atom stereocenters. The van der Waals surface area contributed by atoms with Crippen molar-refractivity contribution in [3.63, 3.8) is 0 Å². The Hall–Kier alpha value is -6.85. The normalized spacial score (nSPS) is 11.7. The summed E-state index contributed by atoms with van der Waals surface area (Å²) in [6.07, 6.45) is 0. The van der Waals surface area contributed by atoms with E-state index in [1.807, 2.05) is 60.7 Å². The van der Waals surface area contributed by atoms with E-state index >= 15 is 0 Å². The van der Waals surface area contributed by atoms with Crippen LogP contribution in [0.15, 0.2) is 158 Å². The number of aryl methyl sites for hydroxylation is 3. The fourth-order valence-corrected chi connectivity index (χ4v) is 7.77. The maximum atomic E-state index is 4.96. The summed E-state index contributed by atoms with van der Waals surface area (Å²) in [7, 11) is 0. The van der Waals surface area contributed by atoms with Crippen molar-refractivity contribution < 1.29 is 0 Å². The largest absolute Gasteiger partial charge is 0.309 e. The zero-order valence-corrected chi connectivity index (χ0v) is 29.7. The molecular formula is C48H35N5. The summed E-state index contributed by atoms with van der Waals surface area (Å²) in [5.41, 5.74) is 13.6. The molecule has 0 aliphatic heterocycles. The van der Waals surface area contributed by atoms with Gasteiger partial charge in [-0.15, -0.1) is 0 Å².